The van der Waals surface area contributed by atoms with Gasteiger partial charge in [-0.25, -0.2) is 4.79 Å². The van der Waals surface area contributed by atoms with E-state index in [0.29, 0.717) is 30.7 Å². The Labute approximate surface area is 213 Å². The number of carboxylic acid groups (broad SMARTS) is 1. The molecule has 1 aromatic heterocycles. The number of nitrogens with zero attached hydrogens (tertiary/aromatic N) is 2. The summed E-state index contributed by atoms with van der Waals surface area (Å²) >= 11 is 0. The molecule has 0 spiro atoms. The van der Waals surface area contributed by atoms with Gasteiger partial charge in [0.25, 0.3) is 6.47 Å². The number of anilines is 1. The Kier molecular flexibility index (Phi) is 14.4. The summed E-state index contributed by atoms with van der Waals surface area (Å²) < 4.78 is 11.8. The summed E-state index contributed by atoms with van der Waals surface area (Å²) in [5.41, 5.74) is 15.4. The number of aliphatic carboxylic acids is 1. The summed E-state index contributed by atoms with van der Waals surface area (Å²) in [6.07, 6.45) is 1.56. The zero-order chi connectivity index (χ0) is 28.2. The summed E-state index contributed by atoms with van der Waals surface area (Å²) in [5, 5.41) is 11.4. The van der Waals surface area contributed by atoms with E-state index in [9.17, 15) is 14.4 Å². The average molecular weight is 515 g/mol. The number of hydrogen-bond acceptors (Lipinski definition) is 10. The molecule has 12 heteroatoms. The Morgan fingerprint density at radius 2 is 1.83 bits per heavy atom. The number of nitrogens with two attached hydrogens (primary N) is 3. The van der Waals surface area contributed by atoms with Gasteiger partial charge in [0, 0.05) is 37.7 Å². The average Bonchev–Trinajstić information content (AvgIpc) is 3.06. The van der Waals surface area contributed by atoms with E-state index in [1.165, 1.54) is 4.57 Å². The van der Waals surface area contributed by atoms with Crippen molar-refractivity contribution in [2.24, 2.45) is 40.9 Å². The second-order valence-corrected chi connectivity index (χ2v) is 9.98. The van der Waals surface area contributed by atoms with Crippen LogP contribution >= 0.6 is 0 Å². The lowest BCUT2D eigenvalue weighted by Gasteiger charge is -2.23. The quantitative estimate of drug-likeness (QED) is 0.298. The van der Waals surface area contributed by atoms with E-state index in [1.54, 1.807) is 26.2 Å². The number of nitrogens with one attached hydrogen (secondary N) is 1. The van der Waals surface area contributed by atoms with Gasteiger partial charge in [0.2, 0.25) is 0 Å². The smallest absolute Gasteiger partial charge is 0.351 e. The summed E-state index contributed by atoms with van der Waals surface area (Å²) in [4.78, 5) is 36.6. The summed E-state index contributed by atoms with van der Waals surface area (Å²) in [6, 6.07) is 1.76. The van der Waals surface area contributed by atoms with Gasteiger partial charge in [0.1, 0.15) is 18.7 Å². The molecule has 0 aliphatic carbocycles. The number of ether oxygens (including phenoxy) is 2. The van der Waals surface area contributed by atoms with Crippen molar-refractivity contribution >= 4 is 18.3 Å². The highest BCUT2D eigenvalue weighted by atomic mass is 16.6. The van der Waals surface area contributed by atoms with Gasteiger partial charge in [-0.05, 0) is 31.7 Å². The Morgan fingerprint density at radius 1 is 1.28 bits per heavy atom. The molecule has 1 aliphatic heterocycles. The first-order chi connectivity index (χ1) is 16.6. The highest BCUT2D eigenvalue weighted by molar-refractivity contribution is 5.71. The van der Waals surface area contributed by atoms with Crippen LogP contribution in [0, 0.1) is 23.7 Å². The minimum Gasteiger partial charge on any atom is -0.481 e. The van der Waals surface area contributed by atoms with Crippen LogP contribution in [0.1, 0.15) is 61.1 Å². The van der Waals surface area contributed by atoms with Gasteiger partial charge in [-0.2, -0.15) is 4.98 Å². The van der Waals surface area contributed by atoms with Gasteiger partial charge in [0.15, 0.2) is 5.72 Å². The maximum absolute atomic E-state index is 12.0. The molecule has 0 amide bonds. The van der Waals surface area contributed by atoms with Crippen molar-refractivity contribution in [1.29, 1.82) is 0 Å². The summed E-state index contributed by atoms with van der Waals surface area (Å²) in [5.74, 6) is 0.00267. The third kappa shape index (κ3) is 11.0. The predicted molar refractivity (Wildman–Crippen MR) is 139 cm³/mol. The molecule has 0 bridgehead atoms. The van der Waals surface area contributed by atoms with Crippen LogP contribution in [0.25, 0.3) is 0 Å². The molecule has 208 valence electrons. The van der Waals surface area contributed by atoms with Gasteiger partial charge in [0.05, 0.1) is 5.92 Å². The van der Waals surface area contributed by atoms with Crippen molar-refractivity contribution < 1.29 is 24.2 Å². The van der Waals surface area contributed by atoms with Crippen LogP contribution in [-0.2, 0) is 19.1 Å². The van der Waals surface area contributed by atoms with E-state index in [1.807, 2.05) is 27.7 Å². The lowest BCUT2D eigenvalue weighted by Crippen LogP contribution is -2.44. The Balaban J connectivity index is 0.000000639. The normalized spacial score (nSPS) is 23.5. The van der Waals surface area contributed by atoms with Crippen molar-refractivity contribution in [3.05, 3.63) is 22.7 Å². The van der Waals surface area contributed by atoms with Crippen LogP contribution in [0.5, 0.6) is 0 Å². The topological polar surface area (TPSA) is 198 Å². The lowest BCUT2D eigenvalue weighted by molar-refractivity contribution is -0.144. The number of hydrogen-bond donors (Lipinski definition) is 5. The van der Waals surface area contributed by atoms with Gasteiger partial charge >= 0.3 is 11.7 Å². The molecule has 1 saturated heterocycles. The molecule has 1 fully saturated rings. The minimum atomic E-state index is -1.08. The Hall–Kier alpha value is -2.54. The van der Waals surface area contributed by atoms with Crippen LogP contribution in [0.15, 0.2) is 17.1 Å². The molecule has 8 N–H and O–H groups in total. The number of rotatable bonds is 9. The molecule has 2 heterocycles. The number of aromatic nitrogens is 2. The Bertz CT molecular complexity index is 846. The van der Waals surface area contributed by atoms with E-state index in [4.69, 9.17) is 27.0 Å². The van der Waals surface area contributed by atoms with E-state index >= 15 is 0 Å². The van der Waals surface area contributed by atoms with Crippen LogP contribution in [-0.4, -0.2) is 58.6 Å². The van der Waals surface area contributed by atoms with Crippen LogP contribution in [0.3, 0.4) is 0 Å². The molecule has 0 aromatic carbocycles. The second kappa shape index (κ2) is 15.5. The summed E-state index contributed by atoms with van der Waals surface area (Å²) in [6.45, 7) is 13.9. The van der Waals surface area contributed by atoms with Crippen LogP contribution < -0.4 is 28.2 Å². The predicted octanol–water partition coefficient (Wildman–Crippen LogP) is 1.35. The van der Waals surface area contributed by atoms with Crippen molar-refractivity contribution in [2.75, 3.05) is 19.0 Å². The molecule has 4 unspecified atom stereocenters. The molecular formula is C24H46N6O6. The van der Waals surface area contributed by atoms with Crippen LogP contribution in [0.2, 0.25) is 0 Å². The molecule has 0 saturated carbocycles. The first-order valence-electron chi connectivity index (χ1n) is 12.1. The number of carbonyl (C=O) groups is 2. The highest BCUT2D eigenvalue weighted by Crippen LogP contribution is 2.37. The molecule has 1 aliphatic rings. The maximum atomic E-state index is 12.0. The molecular weight excluding hydrogens is 468 g/mol. The van der Waals surface area contributed by atoms with Gasteiger partial charge in [-0.3, -0.25) is 14.2 Å². The molecule has 6 atom stereocenters. The third-order valence-electron chi connectivity index (χ3n) is 5.89. The summed E-state index contributed by atoms with van der Waals surface area (Å²) in [7, 11) is 1.68. The first kappa shape index (κ1) is 33.5. The van der Waals surface area contributed by atoms with Gasteiger partial charge in [-0.1, -0.05) is 34.6 Å². The SMILES string of the molecule is CC(C)C(C)N.CC(C)[C@@H](C(=O)O)C(C)N.CNc1ccn(C2O[C@](N)(COC=O)CC2C)c(=O)n1. The fraction of sp³-hybridized carbons (Fsp3) is 0.750. The third-order valence-corrected chi connectivity index (χ3v) is 5.89. The van der Waals surface area contributed by atoms with E-state index in [-0.39, 0.29) is 24.5 Å². The van der Waals surface area contributed by atoms with E-state index < -0.39 is 29.5 Å². The molecule has 12 nitrogen and oxygen atoms in total. The molecule has 2 rings (SSSR count). The lowest BCUT2D eigenvalue weighted by atomic mass is 9.90. The van der Waals surface area contributed by atoms with Gasteiger partial charge < -0.3 is 37.1 Å². The fourth-order valence-electron chi connectivity index (χ4n) is 3.51. The van der Waals surface area contributed by atoms with Crippen molar-refractivity contribution in [2.45, 2.75) is 78.9 Å². The van der Waals surface area contributed by atoms with Crippen molar-refractivity contribution in [1.82, 2.24) is 9.55 Å². The molecule has 1 aromatic rings. The Morgan fingerprint density at radius 3 is 2.17 bits per heavy atom. The van der Waals surface area contributed by atoms with E-state index in [2.05, 4.69) is 28.9 Å². The minimum absolute atomic E-state index is 0.00446. The zero-order valence-corrected chi connectivity index (χ0v) is 22.8. The highest BCUT2D eigenvalue weighted by Gasteiger charge is 2.43. The second-order valence-electron chi connectivity index (χ2n) is 9.98. The fourth-order valence-corrected chi connectivity index (χ4v) is 3.51. The molecule has 0 radical (unpaired) electrons. The standard InChI is InChI=1S/C12H18N4O4.C7H15NO2.C5H13N/c1-8-5-12(13,6-19-7-17)20-10(8)16-4-3-9(14-2)15-11(16)18;1-4(2)6(5(3)8)7(9)10;1-4(2)5(3)6/h3-4,7-8,10H,5-6,13H2,1-2H3,(H,14,15,18);4-6H,8H2,1-3H3,(H,9,10);4-5H,6H2,1-3H3/t8?,10?,12-;5?,6-;/m01./s1. The van der Waals surface area contributed by atoms with Crippen molar-refractivity contribution in [3.8, 4) is 0 Å². The number of carbonyl (C=O) groups excluding carboxylic acids is 1. The number of carboxylic acids is 1. The maximum Gasteiger partial charge on any atom is 0.351 e. The van der Waals surface area contributed by atoms with Gasteiger partial charge in [-0.15, -0.1) is 0 Å². The first-order valence-corrected chi connectivity index (χ1v) is 12.1. The monoisotopic (exact) mass is 514 g/mol. The van der Waals surface area contributed by atoms with Crippen LogP contribution in [0.4, 0.5) is 5.82 Å². The largest absolute Gasteiger partial charge is 0.481 e. The zero-order valence-electron chi connectivity index (χ0n) is 22.8. The molecule has 36 heavy (non-hydrogen) atoms. The van der Waals surface area contributed by atoms with E-state index in [0.717, 1.165) is 0 Å². The van der Waals surface area contributed by atoms with Crippen molar-refractivity contribution in [3.63, 3.8) is 0 Å².